The van der Waals surface area contributed by atoms with Gasteiger partial charge in [0.05, 0.1) is 11.5 Å². The van der Waals surface area contributed by atoms with Crippen LogP contribution in [-0.2, 0) is 19.7 Å². The standard InChI is InChI=1S/C13H28O4S2/c1-4-7-9-11-18(14,15)13(6-3)19(16,17)12-10-8-5-2/h13H,4-12H2,1-3H3. The molecule has 0 radical (unpaired) electrons. The van der Waals surface area contributed by atoms with Gasteiger partial charge in [-0.05, 0) is 19.3 Å². The lowest BCUT2D eigenvalue weighted by molar-refractivity contribution is 0.566. The minimum Gasteiger partial charge on any atom is -0.227 e. The Balaban J connectivity index is 4.78. The zero-order valence-corrected chi connectivity index (χ0v) is 14.0. The molecule has 116 valence electrons. The fourth-order valence-corrected chi connectivity index (χ4v) is 7.22. The molecule has 0 aromatic heterocycles. The molecule has 0 aliphatic heterocycles. The van der Waals surface area contributed by atoms with Crippen molar-refractivity contribution >= 4 is 19.7 Å². The van der Waals surface area contributed by atoms with Gasteiger partial charge >= 0.3 is 0 Å². The van der Waals surface area contributed by atoms with E-state index in [-0.39, 0.29) is 17.9 Å². The molecule has 0 saturated heterocycles. The number of sulfone groups is 2. The molecule has 0 aliphatic carbocycles. The maximum atomic E-state index is 12.1. The highest BCUT2D eigenvalue weighted by Crippen LogP contribution is 2.18. The predicted molar refractivity (Wildman–Crippen MR) is 80.7 cm³/mol. The molecule has 0 heterocycles. The van der Waals surface area contributed by atoms with E-state index in [2.05, 4.69) is 0 Å². The zero-order valence-electron chi connectivity index (χ0n) is 12.4. The summed E-state index contributed by atoms with van der Waals surface area (Å²) in [7, 11) is -7.05. The van der Waals surface area contributed by atoms with E-state index in [1.807, 2.05) is 13.8 Å². The summed E-state index contributed by atoms with van der Waals surface area (Å²) in [6.45, 7) is 5.62. The average molecular weight is 312 g/mol. The summed E-state index contributed by atoms with van der Waals surface area (Å²) in [5, 5.41) is 0. The van der Waals surface area contributed by atoms with Crippen LogP contribution in [0.4, 0.5) is 0 Å². The van der Waals surface area contributed by atoms with Crippen LogP contribution in [0.1, 0.15) is 65.7 Å². The molecule has 0 amide bonds. The van der Waals surface area contributed by atoms with Crippen LogP contribution in [0.15, 0.2) is 0 Å². The van der Waals surface area contributed by atoms with Gasteiger partial charge in [0.25, 0.3) is 0 Å². The predicted octanol–water partition coefficient (Wildman–Crippen LogP) is 2.93. The minimum atomic E-state index is -3.53. The van der Waals surface area contributed by atoms with Crippen molar-refractivity contribution in [2.24, 2.45) is 0 Å². The van der Waals surface area contributed by atoms with Gasteiger partial charge in [0.2, 0.25) is 0 Å². The van der Waals surface area contributed by atoms with E-state index in [1.54, 1.807) is 6.92 Å². The Labute approximate surface area is 118 Å². The van der Waals surface area contributed by atoms with E-state index in [4.69, 9.17) is 0 Å². The maximum Gasteiger partial charge on any atom is 0.167 e. The van der Waals surface area contributed by atoms with E-state index < -0.39 is 24.3 Å². The Morgan fingerprint density at radius 2 is 1.05 bits per heavy atom. The molecular formula is C13H28O4S2. The maximum absolute atomic E-state index is 12.1. The van der Waals surface area contributed by atoms with E-state index in [9.17, 15) is 16.8 Å². The molecule has 0 aromatic rings. The second-order valence-corrected chi connectivity index (χ2v) is 9.89. The van der Waals surface area contributed by atoms with Crippen LogP contribution >= 0.6 is 0 Å². The van der Waals surface area contributed by atoms with Gasteiger partial charge in [0.15, 0.2) is 24.3 Å². The van der Waals surface area contributed by atoms with Gasteiger partial charge in [0.1, 0.15) is 0 Å². The van der Waals surface area contributed by atoms with Gasteiger partial charge in [-0.3, -0.25) is 0 Å². The van der Waals surface area contributed by atoms with Crippen molar-refractivity contribution < 1.29 is 16.8 Å². The van der Waals surface area contributed by atoms with Crippen LogP contribution in [0.25, 0.3) is 0 Å². The smallest absolute Gasteiger partial charge is 0.167 e. The molecule has 6 heteroatoms. The molecule has 0 fully saturated rings. The van der Waals surface area contributed by atoms with Gasteiger partial charge in [-0.1, -0.05) is 46.5 Å². The first-order valence-corrected chi connectivity index (χ1v) is 10.7. The SMILES string of the molecule is CCCCCS(=O)(=O)C(CC)S(=O)(=O)CCCCC. The first-order chi connectivity index (χ1) is 8.81. The molecule has 0 spiro atoms. The Morgan fingerprint density at radius 1 is 0.684 bits per heavy atom. The molecule has 0 unspecified atom stereocenters. The molecule has 0 atom stereocenters. The Kier molecular flexibility index (Phi) is 8.90. The third-order valence-corrected chi connectivity index (χ3v) is 8.94. The molecule has 0 bridgehead atoms. The Hall–Kier alpha value is -0.100. The molecule has 0 aliphatic rings. The molecule has 0 N–H and O–H groups in total. The van der Waals surface area contributed by atoms with Crippen molar-refractivity contribution in [3.05, 3.63) is 0 Å². The summed E-state index contributed by atoms with van der Waals surface area (Å²) >= 11 is 0. The van der Waals surface area contributed by atoms with E-state index in [0.717, 1.165) is 25.7 Å². The van der Waals surface area contributed by atoms with Crippen LogP contribution < -0.4 is 0 Å². The van der Waals surface area contributed by atoms with Crippen LogP contribution in [0, 0.1) is 0 Å². The number of unbranched alkanes of at least 4 members (excludes halogenated alkanes) is 4. The lowest BCUT2D eigenvalue weighted by Crippen LogP contribution is -2.33. The quantitative estimate of drug-likeness (QED) is 0.550. The summed E-state index contributed by atoms with van der Waals surface area (Å²) in [6.07, 6.45) is 4.77. The van der Waals surface area contributed by atoms with Crippen molar-refractivity contribution in [2.75, 3.05) is 11.5 Å². The summed E-state index contributed by atoms with van der Waals surface area (Å²) in [5.74, 6) is -0.0152. The topological polar surface area (TPSA) is 68.3 Å². The van der Waals surface area contributed by atoms with Crippen molar-refractivity contribution in [1.29, 1.82) is 0 Å². The zero-order chi connectivity index (χ0) is 14.9. The van der Waals surface area contributed by atoms with Crippen LogP contribution in [0.3, 0.4) is 0 Å². The van der Waals surface area contributed by atoms with Gasteiger partial charge in [-0.2, -0.15) is 0 Å². The van der Waals surface area contributed by atoms with Crippen molar-refractivity contribution in [3.63, 3.8) is 0 Å². The summed E-state index contributed by atoms with van der Waals surface area (Å²) in [5.41, 5.74) is 0. The highest BCUT2D eigenvalue weighted by Gasteiger charge is 2.34. The first-order valence-electron chi connectivity index (χ1n) is 7.24. The summed E-state index contributed by atoms with van der Waals surface area (Å²) in [4.78, 5) is 0. The molecule has 0 saturated carbocycles. The van der Waals surface area contributed by atoms with Crippen LogP contribution in [0.5, 0.6) is 0 Å². The largest absolute Gasteiger partial charge is 0.227 e. The first kappa shape index (κ1) is 18.9. The third kappa shape index (κ3) is 6.75. The number of hydrogen-bond acceptors (Lipinski definition) is 4. The van der Waals surface area contributed by atoms with Gasteiger partial charge in [0, 0.05) is 0 Å². The summed E-state index contributed by atoms with van der Waals surface area (Å²) < 4.78 is 47.3. The van der Waals surface area contributed by atoms with E-state index in [1.165, 1.54) is 0 Å². The van der Waals surface area contributed by atoms with Crippen molar-refractivity contribution in [2.45, 2.75) is 70.3 Å². The molecule has 0 aromatic carbocycles. The fraction of sp³-hybridized carbons (Fsp3) is 1.00. The lowest BCUT2D eigenvalue weighted by atomic mass is 10.3. The lowest BCUT2D eigenvalue weighted by Gasteiger charge is -2.16. The minimum absolute atomic E-state index is 0.00758. The molecule has 4 nitrogen and oxygen atoms in total. The normalized spacial score (nSPS) is 13.1. The van der Waals surface area contributed by atoms with Crippen LogP contribution in [-0.4, -0.2) is 32.9 Å². The van der Waals surface area contributed by atoms with Crippen LogP contribution in [0.2, 0.25) is 0 Å². The van der Waals surface area contributed by atoms with Gasteiger partial charge in [-0.25, -0.2) is 16.8 Å². The number of hydrogen-bond donors (Lipinski definition) is 0. The second kappa shape index (κ2) is 8.95. The summed E-state index contributed by atoms with van der Waals surface area (Å²) in [6, 6.07) is 0. The van der Waals surface area contributed by atoms with Gasteiger partial charge < -0.3 is 0 Å². The van der Waals surface area contributed by atoms with E-state index >= 15 is 0 Å². The molecular weight excluding hydrogens is 284 g/mol. The molecule has 0 rings (SSSR count). The van der Waals surface area contributed by atoms with Gasteiger partial charge in [-0.15, -0.1) is 0 Å². The van der Waals surface area contributed by atoms with Crippen molar-refractivity contribution in [3.8, 4) is 0 Å². The Morgan fingerprint density at radius 3 is 1.32 bits per heavy atom. The monoisotopic (exact) mass is 312 g/mol. The highest BCUT2D eigenvalue weighted by atomic mass is 32.3. The van der Waals surface area contributed by atoms with E-state index in [0.29, 0.717) is 12.8 Å². The average Bonchev–Trinajstić information content (AvgIpc) is 2.29. The molecule has 19 heavy (non-hydrogen) atoms. The highest BCUT2D eigenvalue weighted by molar-refractivity contribution is 8.09. The fourth-order valence-electron chi connectivity index (χ4n) is 2.10. The number of rotatable bonds is 11. The van der Waals surface area contributed by atoms with Crippen molar-refractivity contribution in [1.82, 2.24) is 0 Å². The third-order valence-electron chi connectivity index (χ3n) is 3.20. The Bertz CT molecular complexity index is 384. The second-order valence-electron chi connectivity index (χ2n) is 4.99.